The molecule has 0 unspecified atom stereocenters. The third-order valence-electron chi connectivity index (χ3n) is 3.10. The highest BCUT2D eigenvalue weighted by molar-refractivity contribution is 8.06. The summed E-state index contributed by atoms with van der Waals surface area (Å²) in [6.45, 7) is 0. The van der Waals surface area contributed by atoms with Crippen molar-refractivity contribution in [1.82, 2.24) is 0 Å². The Hall–Kier alpha value is -2.06. The minimum absolute atomic E-state index is 0.0100. The molecule has 28 heavy (non-hydrogen) atoms. The zero-order valence-corrected chi connectivity index (χ0v) is 16.3. The van der Waals surface area contributed by atoms with Crippen molar-refractivity contribution in [2.75, 3.05) is 7.42 Å². The van der Waals surface area contributed by atoms with Gasteiger partial charge in [-0.25, -0.2) is 0 Å². The zero-order chi connectivity index (χ0) is 21.7. The van der Waals surface area contributed by atoms with Crippen molar-refractivity contribution in [3.05, 3.63) is 36.4 Å². The quantitative estimate of drug-likeness (QED) is 0.391. The summed E-state index contributed by atoms with van der Waals surface area (Å²) in [5, 5.41) is -0.517. The summed E-state index contributed by atoms with van der Waals surface area (Å²) < 4.78 is 127. The molecule has 0 saturated heterocycles. The zero-order valence-electron chi connectivity index (χ0n) is 13.0. The maximum atomic E-state index is 11.6. The van der Waals surface area contributed by atoms with Gasteiger partial charge in [0.05, 0.1) is 5.69 Å². The van der Waals surface area contributed by atoms with Crippen LogP contribution >= 0.6 is 0 Å². The molecule has 0 aliphatic carbocycles. The van der Waals surface area contributed by atoms with Gasteiger partial charge in [0.15, 0.2) is 0 Å². The van der Waals surface area contributed by atoms with E-state index in [4.69, 9.17) is 9.11 Å². The van der Waals surface area contributed by atoms with Gasteiger partial charge >= 0.3 is 41.2 Å². The van der Waals surface area contributed by atoms with Gasteiger partial charge in [-0.2, -0.15) is 33.7 Å². The molecule has 156 valence electrons. The van der Waals surface area contributed by atoms with Crippen LogP contribution in [0.15, 0.2) is 36.4 Å². The number of hydrogen-bond acceptors (Lipinski definition) is 8. The van der Waals surface area contributed by atoms with Crippen molar-refractivity contribution in [3.63, 3.8) is 0 Å². The second-order valence-electron chi connectivity index (χ2n) is 4.96. The molecule has 0 saturated carbocycles. The fraction of sp³-hybridized carbons (Fsp3) is 0. The van der Waals surface area contributed by atoms with Crippen LogP contribution in [0.3, 0.4) is 0 Å². The fourth-order valence-electron chi connectivity index (χ4n) is 2.30. The van der Waals surface area contributed by atoms with E-state index in [1.165, 1.54) is 18.2 Å². The summed E-state index contributed by atoms with van der Waals surface area (Å²) in [5.74, 6) is 0. The summed E-state index contributed by atoms with van der Waals surface area (Å²) in [6.07, 6.45) is 0. The van der Waals surface area contributed by atoms with E-state index in [0.29, 0.717) is 6.07 Å². The molecule has 0 aliphatic rings. The molecule has 0 amide bonds. The van der Waals surface area contributed by atoms with Crippen LogP contribution in [0.4, 0.5) is 11.4 Å². The summed E-state index contributed by atoms with van der Waals surface area (Å²) in [5.41, 5.74) is -2.86. The second kappa shape index (κ2) is 6.77. The number of anilines is 2. The second-order valence-corrected chi connectivity index (χ2v) is 10.5. The topological polar surface area (TPSA) is 224 Å². The van der Waals surface area contributed by atoms with Gasteiger partial charge in [-0.3, -0.25) is 18.2 Å². The molecule has 2 rings (SSSR count). The van der Waals surface area contributed by atoms with Crippen LogP contribution in [-0.2, 0) is 41.2 Å². The van der Waals surface area contributed by atoms with Gasteiger partial charge in [0.25, 0.3) is 0 Å². The lowest BCUT2D eigenvalue weighted by molar-refractivity contribution is 0.459. The van der Waals surface area contributed by atoms with Gasteiger partial charge in [0.1, 0.15) is 5.69 Å². The van der Waals surface area contributed by atoms with Crippen LogP contribution < -0.4 is 7.42 Å². The molecule has 2 aromatic rings. The molecular weight excluding hydrogens is 468 g/mol. The summed E-state index contributed by atoms with van der Waals surface area (Å²) >= 11 is 0. The Bertz CT molecular complexity index is 1300. The summed E-state index contributed by atoms with van der Waals surface area (Å²) in [7, 11) is -23.5. The van der Waals surface area contributed by atoms with Crippen molar-refractivity contribution in [2.24, 2.45) is 0 Å². The largest absolute Gasteiger partial charge is 0.375 e. The molecule has 0 atom stereocenters. The van der Waals surface area contributed by atoms with E-state index in [9.17, 15) is 42.8 Å². The Labute approximate surface area is 159 Å². The number of benzene rings is 2. The van der Waals surface area contributed by atoms with E-state index in [1.54, 1.807) is 0 Å². The Balaban J connectivity index is 3.21. The number of rotatable bonds is 6. The molecule has 0 radical (unpaired) electrons. The lowest BCUT2D eigenvalue weighted by atomic mass is 10.1. The Morgan fingerprint density at radius 3 is 1.43 bits per heavy atom. The predicted molar refractivity (Wildman–Crippen MR) is 95.1 cm³/mol. The van der Waals surface area contributed by atoms with Gasteiger partial charge in [-0.15, -0.1) is 7.42 Å². The average Bonchev–Trinajstić information content (AvgIpc) is 2.43. The van der Waals surface area contributed by atoms with Crippen LogP contribution in [0.1, 0.15) is 0 Å². The molecule has 0 bridgehead atoms. The van der Waals surface area contributed by atoms with Crippen LogP contribution in [0.5, 0.6) is 0 Å². The summed E-state index contributed by atoms with van der Waals surface area (Å²) in [6, 6.07) is 6.27. The van der Waals surface area contributed by atoms with Gasteiger partial charge in [0, 0.05) is 5.39 Å². The maximum absolute atomic E-state index is 11.6. The third-order valence-corrected chi connectivity index (χ3v) is 7.79. The molecule has 0 fully saturated rings. The van der Waals surface area contributed by atoms with E-state index in [0.717, 1.165) is 12.1 Å². The molecule has 4 N–H and O–H groups in total. The van der Waals surface area contributed by atoms with Gasteiger partial charge in [-0.1, -0.05) is 30.3 Å². The first-order valence-corrected chi connectivity index (χ1v) is 12.1. The normalized spacial score (nSPS) is 13.4. The number of hydrogen-bond donors (Lipinski definition) is 4. The van der Waals surface area contributed by atoms with E-state index < -0.39 is 65.4 Å². The van der Waals surface area contributed by atoms with Crippen molar-refractivity contribution in [1.29, 1.82) is 0 Å². The van der Waals surface area contributed by atoms with Gasteiger partial charge < -0.3 is 0 Å². The summed E-state index contributed by atoms with van der Waals surface area (Å²) in [4.78, 5) is 0. The minimum Gasteiger partial charge on any atom is -0.268 e. The molecule has 0 spiro atoms. The Kier molecular flexibility index (Phi) is 5.38. The maximum Gasteiger partial charge on any atom is 0.375 e. The molecule has 0 aliphatic heterocycles. The van der Waals surface area contributed by atoms with Crippen molar-refractivity contribution in [2.45, 2.75) is 0 Å². The van der Waals surface area contributed by atoms with E-state index in [1.807, 2.05) is 0 Å². The average molecular weight is 478 g/mol. The fourth-order valence-corrected chi connectivity index (χ4v) is 5.84. The van der Waals surface area contributed by atoms with Gasteiger partial charge in [-0.05, 0) is 11.5 Å². The van der Waals surface area contributed by atoms with Crippen molar-refractivity contribution >= 4 is 63.4 Å². The molecule has 0 aromatic heterocycles. The van der Waals surface area contributed by atoms with Crippen LogP contribution in [0.2, 0.25) is 0 Å². The Morgan fingerprint density at radius 1 is 0.571 bits per heavy atom. The first kappa shape index (κ1) is 22.2. The van der Waals surface area contributed by atoms with E-state index in [2.05, 4.69) is 0 Å². The SMILES string of the molecule is O=S(=O)(O)N(c1ccc2ccccc2c1N(S(=O)(=O)O)S(=O)(=O)O)S(=O)(=O)O. The monoisotopic (exact) mass is 478 g/mol. The van der Waals surface area contributed by atoms with Crippen molar-refractivity contribution < 1.29 is 51.9 Å². The van der Waals surface area contributed by atoms with E-state index in [-0.39, 0.29) is 5.39 Å². The van der Waals surface area contributed by atoms with Crippen LogP contribution in [0.25, 0.3) is 10.8 Å². The molecular formula is C10H10N2O12S4. The van der Waals surface area contributed by atoms with E-state index >= 15 is 0 Å². The van der Waals surface area contributed by atoms with Crippen molar-refractivity contribution in [3.8, 4) is 0 Å². The van der Waals surface area contributed by atoms with Gasteiger partial charge in [0.2, 0.25) is 0 Å². The lowest BCUT2D eigenvalue weighted by Crippen LogP contribution is -2.40. The standard InChI is InChI=1S/C10H10N2O12S4/c13-25(14,15)11(26(16,17)18)9-6-5-7-3-1-2-4-8(7)10(9)12(27(19,20)21)28(22,23)24/h1-6H,(H,13,14,15)(H,16,17,18)(H,19,20,21)(H,22,23,24). The number of nitrogens with zero attached hydrogens (tertiary/aromatic N) is 2. The third kappa shape index (κ3) is 4.33. The minimum atomic E-state index is -5.90. The highest BCUT2D eigenvalue weighted by Crippen LogP contribution is 2.41. The predicted octanol–water partition coefficient (Wildman–Crippen LogP) is -0.336. The molecule has 18 heteroatoms. The number of fused-ring (bicyclic) bond motifs is 1. The molecule has 14 nitrogen and oxygen atoms in total. The van der Waals surface area contributed by atoms with Crippen LogP contribution in [-0.4, -0.2) is 51.9 Å². The highest BCUT2D eigenvalue weighted by atomic mass is 32.3. The Morgan fingerprint density at radius 2 is 1.00 bits per heavy atom. The first-order chi connectivity index (χ1) is 12.5. The van der Waals surface area contributed by atoms with Crippen LogP contribution in [0, 0.1) is 0 Å². The first-order valence-electron chi connectivity index (χ1n) is 6.48. The smallest absolute Gasteiger partial charge is 0.268 e. The molecule has 0 heterocycles. The molecule has 2 aromatic carbocycles. The lowest BCUT2D eigenvalue weighted by Gasteiger charge is -2.25. The highest BCUT2D eigenvalue weighted by Gasteiger charge is 2.41.